The summed E-state index contributed by atoms with van der Waals surface area (Å²) in [7, 11) is 1.56. The maximum atomic E-state index is 12.0. The Morgan fingerprint density at radius 2 is 1.96 bits per heavy atom. The molecule has 6 nitrogen and oxygen atoms in total. The van der Waals surface area contributed by atoms with Crippen LogP contribution in [-0.2, 0) is 4.79 Å². The van der Waals surface area contributed by atoms with E-state index in [1.165, 1.54) is 11.8 Å². The van der Waals surface area contributed by atoms with Crippen molar-refractivity contribution in [3.63, 3.8) is 0 Å². The minimum absolute atomic E-state index is 0.0441. The van der Waals surface area contributed by atoms with Gasteiger partial charge in [-0.15, -0.1) is 16.9 Å². The van der Waals surface area contributed by atoms with E-state index >= 15 is 0 Å². The lowest BCUT2D eigenvalue weighted by atomic mass is 10.2. The summed E-state index contributed by atoms with van der Waals surface area (Å²) in [5, 5.41) is 11.0. The van der Waals surface area contributed by atoms with Crippen molar-refractivity contribution in [2.75, 3.05) is 18.2 Å². The predicted molar refractivity (Wildman–Crippen MR) is 97.1 cm³/mol. The van der Waals surface area contributed by atoms with Gasteiger partial charge in [0.2, 0.25) is 5.91 Å². The molecule has 0 spiro atoms. The fourth-order valence-corrected chi connectivity index (χ4v) is 2.86. The first-order valence-electron chi connectivity index (χ1n) is 7.31. The van der Waals surface area contributed by atoms with E-state index in [2.05, 4.69) is 15.5 Å². The summed E-state index contributed by atoms with van der Waals surface area (Å²) in [6, 6.07) is 14.6. The molecule has 0 atom stereocenters. The van der Waals surface area contributed by atoms with Crippen molar-refractivity contribution in [1.29, 1.82) is 0 Å². The largest absolute Gasteiger partial charge is 0.496 e. The number of rotatable bonds is 6. The molecule has 0 aliphatic rings. The van der Waals surface area contributed by atoms with Crippen LogP contribution in [0.15, 0.2) is 57.8 Å². The second-order valence-electron chi connectivity index (χ2n) is 4.90. The Bertz CT molecular complexity index is 868. The average Bonchev–Trinajstić information content (AvgIpc) is 3.09. The SMILES string of the molecule is COc1ccccc1-c1nnc(NC(=O)CSc2ccc(Cl)cc2)o1. The highest BCUT2D eigenvalue weighted by Gasteiger charge is 2.14. The number of anilines is 1. The first-order valence-corrected chi connectivity index (χ1v) is 8.67. The number of benzene rings is 2. The summed E-state index contributed by atoms with van der Waals surface area (Å²) < 4.78 is 10.7. The van der Waals surface area contributed by atoms with E-state index in [0.717, 1.165) is 4.90 Å². The molecule has 0 aliphatic heterocycles. The van der Waals surface area contributed by atoms with Gasteiger partial charge < -0.3 is 9.15 Å². The van der Waals surface area contributed by atoms with Gasteiger partial charge in [-0.2, -0.15) is 0 Å². The molecule has 0 aliphatic carbocycles. The Morgan fingerprint density at radius 3 is 2.72 bits per heavy atom. The molecule has 0 radical (unpaired) electrons. The van der Waals surface area contributed by atoms with Gasteiger partial charge in [0.15, 0.2) is 0 Å². The minimum atomic E-state index is -0.241. The standard InChI is InChI=1S/C17H14ClN3O3S/c1-23-14-5-3-2-4-13(14)16-20-21-17(24-16)19-15(22)10-25-12-8-6-11(18)7-9-12/h2-9H,10H2,1H3,(H,19,21,22). The highest BCUT2D eigenvalue weighted by Crippen LogP contribution is 2.29. The topological polar surface area (TPSA) is 77.3 Å². The van der Waals surface area contributed by atoms with Crippen LogP contribution in [0, 0.1) is 0 Å². The van der Waals surface area contributed by atoms with Crippen LogP contribution in [0.4, 0.5) is 6.01 Å². The molecule has 1 amide bonds. The monoisotopic (exact) mass is 375 g/mol. The number of hydrogen-bond acceptors (Lipinski definition) is 6. The summed E-state index contributed by atoms with van der Waals surface area (Å²) in [6.07, 6.45) is 0. The van der Waals surface area contributed by atoms with Crippen LogP contribution in [0.1, 0.15) is 0 Å². The number of nitrogens with one attached hydrogen (secondary N) is 1. The van der Waals surface area contributed by atoms with Gasteiger partial charge in [0.25, 0.3) is 5.89 Å². The number of halogens is 1. The van der Waals surface area contributed by atoms with E-state index in [-0.39, 0.29) is 23.6 Å². The molecule has 1 N–H and O–H groups in total. The third-order valence-corrected chi connectivity index (χ3v) is 4.46. The summed E-state index contributed by atoms with van der Waals surface area (Å²) in [4.78, 5) is 13.0. The summed E-state index contributed by atoms with van der Waals surface area (Å²) in [5.41, 5.74) is 0.661. The number of ether oxygens (including phenoxy) is 1. The first kappa shape index (κ1) is 17.3. The Hall–Kier alpha value is -2.51. The number of carbonyl (C=O) groups is 1. The van der Waals surface area contributed by atoms with Crippen molar-refractivity contribution in [2.45, 2.75) is 4.90 Å². The molecular weight excluding hydrogens is 362 g/mol. The zero-order chi connectivity index (χ0) is 17.6. The Balaban J connectivity index is 1.61. The maximum absolute atomic E-state index is 12.0. The van der Waals surface area contributed by atoms with Crippen LogP contribution in [0.25, 0.3) is 11.5 Å². The molecule has 1 aromatic heterocycles. The van der Waals surface area contributed by atoms with Crippen molar-refractivity contribution in [3.05, 3.63) is 53.6 Å². The molecule has 3 rings (SSSR count). The van der Waals surface area contributed by atoms with Crippen LogP contribution in [-0.4, -0.2) is 29.0 Å². The highest BCUT2D eigenvalue weighted by molar-refractivity contribution is 8.00. The zero-order valence-electron chi connectivity index (χ0n) is 13.2. The molecule has 25 heavy (non-hydrogen) atoms. The van der Waals surface area contributed by atoms with E-state index in [1.807, 2.05) is 24.3 Å². The number of carbonyl (C=O) groups excluding carboxylic acids is 1. The Kier molecular flexibility index (Phi) is 5.57. The van der Waals surface area contributed by atoms with Crippen molar-refractivity contribution < 1.29 is 13.9 Å². The van der Waals surface area contributed by atoms with Gasteiger partial charge in [-0.3, -0.25) is 10.1 Å². The second-order valence-corrected chi connectivity index (χ2v) is 6.39. The smallest absolute Gasteiger partial charge is 0.322 e. The van der Waals surface area contributed by atoms with Crippen molar-refractivity contribution in [3.8, 4) is 17.2 Å². The van der Waals surface area contributed by atoms with E-state index in [1.54, 1.807) is 31.4 Å². The molecule has 1 heterocycles. The number of nitrogens with zero attached hydrogens (tertiary/aromatic N) is 2. The van der Waals surface area contributed by atoms with Crippen LogP contribution < -0.4 is 10.1 Å². The molecule has 128 valence electrons. The van der Waals surface area contributed by atoms with Crippen molar-refractivity contribution in [2.24, 2.45) is 0 Å². The van der Waals surface area contributed by atoms with Crippen LogP contribution >= 0.6 is 23.4 Å². The van der Waals surface area contributed by atoms with Crippen LogP contribution in [0.2, 0.25) is 5.02 Å². The maximum Gasteiger partial charge on any atom is 0.322 e. The molecule has 0 saturated heterocycles. The highest BCUT2D eigenvalue weighted by atomic mass is 35.5. The molecule has 3 aromatic rings. The number of amides is 1. The van der Waals surface area contributed by atoms with Gasteiger partial charge in [-0.05, 0) is 36.4 Å². The lowest BCUT2D eigenvalue weighted by Gasteiger charge is -2.03. The van der Waals surface area contributed by atoms with E-state index in [9.17, 15) is 4.79 Å². The third-order valence-electron chi connectivity index (χ3n) is 3.19. The fraction of sp³-hybridized carbons (Fsp3) is 0.118. The van der Waals surface area contributed by atoms with E-state index in [4.69, 9.17) is 20.8 Å². The summed E-state index contributed by atoms with van der Waals surface area (Å²) in [6.45, 7) is 0. The molecule has 0 fully saturated rings. The number of para-hydroxylation sites is 1. The quantitative estimate of drug-likeness (QED) is 0.653. The van der Waals surface area contributed by atoms with Gasteiger partial charge in [0.1, 0.15) is 5.75 Å². The first-order chi connectivity index (χ1) is 12.2. The van der Waals surface area contributed by atoms with Gasteiger partial charge in [0.05, 0.1) is 18.4 Å². The molecule has 0 saturated carbocycles. The van der Waals surface area contributed by atoms with Gasteiger partial charge in [-0.1, -0.05) is 28.8 Å². The number of aromatic nitrogens is 2. The van der Waals surface area contributed by atoms with Gasteiger partial charge in [-0.25, -0.2) is 0 Å². The molecule has 0 unspecified atom stereocenters. The van der Waals surface area contributed by atoms with Crippen LogP contribution in [0.5, 0.6) is 5.75 Å². The van der Waals surface area contributed by atoms with Crippen molar-refractivity contribution in [1.82, 2.24) is 10.2 Å². The lowest BCUT2D eigenvalue weighted by Crippen LogP contribution is -2.14. The van der Waals surface area contributed by atoms with E-state index < -0.39 is 0 Å². The number of methoxy groups -OCH3 is 1. The number of hydrogen-bond donors (Lipinski definition) is 1. The molecule has 0 bridgehead atoms. The third kappa shape index (κ3) is 4.52. The zero-order valence-corrected chi connectivity index (χ0v) is 14.8. The minimum Gasteiger partial charge on any atom is -0.496 e. The Morgan fingerprint density at radius 1 is 1.20 bits per heavy atom. The molecular formula is C17H14ClN3O3S. The van der Waals surface area contributed by atoms with Gasteiger partial charge in [0, 0.05) is 9.92 Å². The summed E-state index contributed by atoms with van der Waals surface area (Å²) in [5.74, 6) is 0.865. The average molecular weight is 376 g/mol. The molecule has 8 heteroatoms. The Labute approximate surface area is 153 Å². The number of thioether (sulfide) groups is 1. The lowest BCUT2D eigenvalue weighted by molar-refractivity contribution is -0.113. The van der Waals surface area contributed by atoms with Gasteiger partial charge >= 0.3 is 6.01 Å². The van der Waals surface area contributed by atoms with Crippen LogP contribution in [0.3, 0.4) is 0 Å². The van der Waals surface area contributed by atoms with E-state index in [0.29, 0.717) is 16.3 Å². The second kappa shape index (κ2) is 8.04. The predicted octanol–water partition coefficient (Wildman–Crippen LogP) is 4.13. The fourth-order valence-electron chi connectivity index (χ4n) is 2.04. The molecule has 2 aromatic carbocycles. The summed E-state index contributed by atoms with van der Waals surface area (Å²) >= 11 is 7.22. The normalized spacial score (nSPS) is 10.5. The van der Waals surface area contributed by atoms with Crippen molar-refractivity contribution >= 4 is 35.3 Å².